The van der Waals surface area contributed by atoms with Gasteiger partial charge in [-0.1, -0.05) is 11.6 Å². The molecule has 2 heterocycles. The van der Waals surface area contributed by atoms with Gasteiger partial charge in [-0.2, -0.15) is 0 Å². The zero-order valence-electron chi connectivity index (χ0n) is 13.8. The molecule has 6 nitrogen and oxygen atoms in total. The van der Waals surface area contributed by atoms with Crippen molar-refractivity contribution in [2.75, 3.05) is 31.7 Å². The Kier molecular flexibility index (Phi) is 5.48. The molecule has 0 aromatic heterocycles. The second-order valence-corrected chi connectivity index (χ2v) is 6.61. The van der Waals surface area contributed by atoms with Gasteiger partial charge in [0.2, 0.25) is 0 Å². The number of carbonyl (C=O) groups excluding carboxylic acids is 1. The first-order valence-corrected chi connectivity index (χ1v) is 8.69. The highest BCUT2D eigenvalue weighted by molar-refractivity contribution is 6.32. The van der Waals surface area contributed by atoms with E-state index in [1.54, 1.807) is 18.2 Å². The zero-order valence-corrected chi connectivity index (χ0v) is 14.5. The first kappa shape index (κ1) is 17.3. The molecule has 1 aromatic rings. The van der Waals surface area contributed by atoms with Gasteiger partial charge < -0.3 is 24.8 Å². The van der Waals surface area contributed by atoms with Gasteiger partial charge in [-0.25, -0.2) is 4.79 Å². The summed E-state index contributed by atoms with van der Waals surface area (Å²) in [6.07, 6.45) is 2.48. The van der Waals surface area contributed by atoms with Gasteiger partial charge in [0.15, 0.2) is 0 Å². The van der Waals surface area contributed by atoms with E-state index in [0.29, 0.717) is 36.3 Å². The van der Waals surface area contributed by atoms with Crippen molar-refractivity contribution in [3.05, 3.63) is 23.2 Å². The molecule has 2 fully saturated rings. The highest BCUT2D eigenvalue weighted by Gasteiger charge is 2.41. The first-order chi connectivity index (χ1) is 11.6. The molecule has 2 saturated heterocycles. The molecule has 0 radical (unpaired) electrons. The van der Waals surface area contributed by atoms with Crippen LogP contribution in [0.3, 0.4) is 0 Å². The van der Waals surface area contributed by atoms with Crippen molar-refractivity contribution in [1.82, 2.24) is 5.32 Å². The number of hydrogen-bond acceptors (Lipinski definition) is 4. The number of anilines is 1. The largest absolute Gasteiger partial charge is 0.492 e. The fourth-order valence-electron chi connectivity index (χ4n) is 3.22. The van der Waals surface area contributed by atoms with Crippen LogP contribution in [0.25, 0.3) is 0 Å². The van der Waals surface area contributed by atoms with Gasteiger partial charge in [-0.05, 0) is 38.0 Å². The molecule has 7 heteroatoms. The smallest absolute Gasteiger partial charge is 0.319 e. The van der Waals surface area contributed by atoms with Crippen LogP contribution in [0.15, 0.2) is 18.2 Å². The Balaban J connectivity index is 1.54. The fourth-order valence-corrected chi connectivity index (χ4v) is 3.45. The van der Waals surface area contributed by atoms with Gasteiger partial charge in [-0.15, -0.1) is 0 Å². The van der Waals surface area contributed by atoms with E-state index in [-0.39, 0.29) is 17.7 Å². The van der Waals surface area contributed by atoms with Crippen LogP contribution in [0.1, 0.15) is 26.2 Å². The van der Waals surface area contributed by atoms with Gasteiger partial charge in [-0.3, -0.25) is 0 Å². The Morgan fingerprint density at radius 3 is 3.04 bits per heavy atom. The van der Waals surface area contributed by atoms with Crippen LogP contribution in [0.4, 0.5) is 10.5 Å². The number of benzene rings is 1. The molecule has 2 aliphatic rings. The van der Waals surface area contributed by atoms with Crippen LogP contribution in [0, 0.1) is 0 Å². The van der Waals surface area contributed by atoms with Crippen molar-refractivity contribution in [3.63, 3.8) is 0 Å². The topological polar surface area (TPSA) is 68.8 Å². The maximum atomic E-state index is 12.2. The number of nitrogens with one attached hydrogen (secondary N) is 2. The molecule has 2 aliphatic heterocycles. The van der Waals surface area contributed by atoms with Crippen LogP contribution in [-0.2, 0) is 9.47 Å². The zero-order chi connectivity index (χ0) is 17.0. The van der Waals surface area contributed by atoms with E-state index in [9.17, 15) is 4.79 Å². The molecule has 1 aromatic carbocycles. The summed E-state index contributed by atoms with van der Waals surface area (Å²) in [6.45, 7) is 4.42. The molecular weight excluding hydrogens is 332 g/mol. The van der Waals surface area contributed by atoms with Gasteiger partial charge in [0.1, 0.15) is 5.75 Å². The third kappa shape index (κ3) is 4.12. The van der Waals surface area contributed by atoms with Crippen LogP contribution in [-0.4, -0.2) is 44.1 Å². The van der Waals surface area contributed by atoms with Gasteiger partial charge in [0.25, 0.3) is 0 Å². The lowest BCUT2D eigenvalue weighted by molar-refractivity contribution is -0.0877. The van der Waals surface area contributed by atoms with Crippen molar-refractivity contribution in [3.8, 4) is 5.75 Å². The Labute approximate surface area is 146 Å². The Morgan fingerprint density at radius 2 is 2.33 bits per heavy atom. The van der Waals surface area contributed by atoms with Crippen LogP contribution in [0.2, 0.25) is 5.02 Å². The maximum Gasteiger partial charge on any atom is 0.319 e. The van der Waals surface area contributed by atoms with E-state index >= 15 is 0 Å². The van der Waals surface area contributed by atoms with Gasteiger partial charge in [0, 0.05) is 31.4 Å². The standard InChI is InChI=1S/C17H23ClN2O4/c1-2-23-15-4-3-12(9-14(15)18)19-16(21)20-13-5-7-24-17(10-13)6-8-22-11-17/h3-4,9,13H,2,5-8,10-11H2,1H3,(H2,19,20,21)/t13-,17+/m1/s1. The van der Waals surface area contributed by atoms with E-state index in [0.717, 1.165) is 25.9 Å². The van der Waals surface area contributed by atoms with E-state index in [1.807, 2.05) is 6.92 Å². The summed E-state index contributed by atoms with van der Waals surface area (Å²) in [5.74, 6) is 0.609. The summed E-state index contributed by atoms with van der Waals surface area (Å²) >= 11 is 6.14. The number of urea groups is 1. The Hall–Kier alpha value is -1.50. The molecule has 0 unspecified atom stereocenters. The molecule has 2 N–H and O–H groups in total. The van der Waals surface area contributed by atoms with Crippen molar-refractivity contribution in [2.45, 2.75) is 37.8 Å². The van der Waals surface area contributed by atoms with Crippen LogP contribution >= 0.6 is 11.6 Å². The molecule has 3 rings (SSSR count). The monoisotopic (exact) mass is 354 g/mol. The highest BCUT2D eigenvalue weighted by Crippen LogP contribution is 2.33. The minimum absolute atomic E-state index is 0.0821. The van der Waals surface area contributed by atoms with E-state index < -0.39 is 0 Å². The molecule has 0 bridgehead atoms. The quantitative estimate of drug-likeness (QED) is 0.871. The van der Waals surface area contributed by atoms with Crippen LogP contribution in [0.5, 0.6) is 5.75 Å². The van der Waals surface area contributed by atoms with Crippen molar-refractivity contribution in [2.24, 2.45) is 0 Å². The number of hydrogen-bond donors (Lipinski definition) is 2. The minimum Gasteiger partial charge on any atom is -0.492 e. The molecule has 0 aliphatic carbocycles. The maximum absolute atomic E-state index is 12.2. The number of halogens is 1. The molecule has 2 amide bonds. The Bertz CT molecular complexity index is 590. The third-order valence-electron chi connectivity index (χ3n) is 4.38. The molecule has 132 valence electrons. The number of amides is 2. The van der Waals surface area contributed by atoms with Crippen molar-refractivity contribution >= 4 is 23.3 Å². The van der Waals surface area contributed by atoms with Crippen LogP contribution < -0.4 is 15.4 Å². The lowest BCUT2D eigenvalue weighted by atomic mass is 9.90. The van der Waals surface area contributed by atoms with Gasteiger partial charge >= 0.3 is 6.03 Å². The number of ether oxygens (including phenoxy) is 3. The SMILES string of the molecule is CCOc1ccc(NC(=O)N[C@@H]2CCO[C@@]3(CCOC3)C2)cc1Cl. The molecule has 2 atom stereocenters. The summed E-state index contributed by atoms with van der Waals surface area (Å²) in [5.41, 5.74) is 0.408. The van der Waals surface area contributed by atoms with Gasteiger partial charge in [0.05, 0.1) is 23.8 Å². The average molecular weight is 355 g/mol. The summed E-state index contributed by atoms with van der Waals surface area (Å²) < 4.78 is 16.7. The predicted molar refractivity (Wildman–Crippen MR) is 91.9 cm³/mol. The van der Waals surface area contributed by atoms with Crippen molar-refractivity contribution in [1.29, 1.82) is 0 Å². The van der Waals surface area contributed by atoms with E-state index in [2.05, 4.69) is 10.6 Å². The number of carbonyl (C=O) groups is 1. The molecular formula is C17H23ClN2O4. The van der Waals surface area contributed by atoms with E-state index in [4.69, 9.17) is 25.8 Å². The van der Waals surface area contributed by atoms with Crippen molar-refractivity contribution < 1.29 is 19.0 Å². The molecule has 0 saturated carbocycles. The average Bonchev–Trinajstić information content (AvgIpc) is 2.98. The summed E-state index contributed by atoms with van der Waals surface area (Å²) in [4.78, 5) is 12.2. The summed E-state index contributed by atoms with van der Waals surface area (Å²) in [7, 11) is 0. The lowest BCUT2D eigenvalue weighted by Gasteiger charge is -2.37. The second kappa shape index (κ2) is 7.59. The Morgan fingerprint density at radius 1 is 1.46 bits per heavy atom. The minimum atomic E-state index is -0.240. The summed E-state index contributed by atoms with van der Waals surface area (Å²) in [5, 5.41) is 6.31. The van der Waals surface area contributed by atoms with E-state index in [1.165, 1.54) is 0 Å². The predicted octanol–water partition coefficient (Wildman–Crippen LogP) is 3.20. The third-order valence-corrected chi connectivity index (χ3v) is 4.68. The molecule has 1 spiro atoms. The lowest BCUT2D eigenvalue weighted by Crippen LogP contribution is -2.49. The normalized spacial score (nSPS) is 26.3. The second-order valence-electron chi connectivity index (χ2n) is 6.20. The summed E-state index contributed by atoms with van der Waals surface area (Å²) in [6, 6.07) is 5.05. The molecule has 24 heavy (non-hydrogen) atoms. The first-order valence-electron chi connectivity index (χ1n) is 8.32. The number of rotatable bonds is 4. The highest BCUT2D eigenvalue weighted by atomic mass is 35.5. The fraction of sp³-hybridized carbons (Fsp3) is 0.588.